The molecule has 1 fully saturated rings. The summed E-state index contributed by atoms with van der Waals surface area (Å²) >= 11 is 0. The number of carbonyl (C=O) groups excluding carboxylic acids is 1. The van der Waals surface area contributed by atoms with Crippen molar-refractivity contribution in [2.24, 2.45) is 0 Å². The van der Waals surface area contributed by atoms with Crippen LogP contribution in [0.1, 0.15) is 49.9 Å². The molecule has 1 amide bonds. The van der Waals surface area contributed by atoms with Crippen molar-refractivity contribution in [3.63, 3.8) is 0 Å². The molecule has 1 aliphatic rings. The van der Waals surface area contributed by atoms with Gasteiger partial charge in [0.05, 0.1) is 10.5 Å². The van der Waals surface area contributed by atoms with Gasteiger partial charge in [-0.25, -0.2) is 12.7 Å². The highest BCUT2D eigenvalue weighted by molar-refractivity contribution is 7.89. The molecule has 9 nitrogen and oxygen atoms in total. The number of hydrogen-bond acceptors (Lipinski definition) is 7. The second-order valence-corrected chi connectivity index (χ2v) is 12.0. The highest BCUT2D eigenvalue weighted by atomic mass is 32.2. The minimum atomic E-state index is -3.68. The molecule has 3 aromatic rings. The summed E-state index contributed by atoms with van der Waals surface area (Å²) in [6.45, 7) is 7.65. The maximum absolute atomic E-state index is 13.3. The summed E-state index contributed by atoms with van der Waals surface area (Å²) in [5.41, 5.74) is 2.15. The quantitative estimate of drug-likeness (QED) is 0.545. The number of sulfonamides is 1. The van der Waals surface area contributed by atoms with Crippen molar-refractivity contribution in [2.75, 3.05) is 37.4 Å². The van der Waals surface area contributed by atoms with E-state index in [-0.39, 0.29) is 16.2 Å². The van der Waals surface area contributed by atoms with Crippen LogP contribution in [-0.4, -0.2) is 56.0 Å². The molecule has 1 saturated heterocycles. The monoisotopic (exact) mass is 497 g/mol. The third kappa shape index (κ3) is 5.23. The molecule has 0 aliphatic carbocycles. The van der Waals surface area contributed by atoms with Crippen LogP contribution < -0.4 is 10.2 Å². The van der Waals surface area contributed by atoms with E-state index < -0.39 is 10.0 Å². The number of benzene rings is 2. The average Bonchev–Trinajstić information content (AvgIpc) is 3.51. The second-order valence-electron chi connectivity index (χ2n) is 9.87. The second kappa shape index (κ2) is 9.43. The first-order chi connectivity index (χ1) is 16.5. The molecule has 35 heavy (non-hydrogen) atoms. The summed E-state index contributed by atoms with van der Waals surface area (Å²) in [6, 6.07) is 11.9. The van der Waals surface area contributed by atoms with Gasteiger partial charge in [-0.3, -0.25) is 4.79 Å². The number of aromatic nitrogens is 2. The Balaban J connectivity index is 1.60. The molecule has 0 spiro atoms. The molecule has 1 N–H and O–H groups in total. The zero-order valence-corrected chi connectivity index (χ0v) is 21.5. The summed E-state index contributed by atoms with van der Waals surface area (Å²) < 4.78 is 31.9. The van der Waals surface area contributed by atoms with E-state index in [1.54, 1.807) is 36.4 Å². The molecule has 10 heteroatoms. The van der Waals surface area contributed by atoms with Gasteiger partial charge in [0.15, 0.2) is 0 Å². The first-order valence-electron chi connectivity index (χ1n) is 11.5. The lowest BCUT2D eigenvalue weighted by atomic mass is 9.97. The fraction of sp³-hybridized carbons (Fsp3) is 0.400. The van der Waals surface area contributed by atoms with Crippen molar-refractivity contribution in [3.05, 3.63) is 53.9 Å². The first kappa shape index (κ1) is 24.9. The largest absolute Gasteiger partial charge is 0.371 e. The Labute approximate surface area is 206 Å². The Hall–Kier alpha value is -3.24. The van der Waals surface area contributed by atoms with Gasteiger partial charge in [0.25, 0.3) is 5.91 Å². The molecule has 1 aliphatic heterocycles. The van der Waals surface area contributed by atoms with Gasteiger partial charge in [-0.15, -0.1) is 0 Å². The van der Waals surface area contributed by atoms with Gasteiger partial charge < -0.3 is 14.7 Å². The Morgan fingerprint density at radius 1 is 1.06 bits per heavy atom. The molecule has 2 aromatic carbocycles. The maximum Gasteiger partial charge on any atom is 0.257 e. The Morgan fingerprint density at radius 3 is 2.29 bits per heavy atom. The predicted molar refractivity (Wildman–Crippen MR) is 135 cm³/mol. The molecular formula is C25H31N5O4S. The highest BCUT2D eigenvalue weighted by Crippen LogP contribution is 2.29. The van der Waals surface area contributed by atoms with E-state index in [1.165, 1.54) is 20.2 Å². The van der Waals surface area contributed by atoms with E-state index in [9.17, 15) is 13.2 Å². The summed E-state index contributed by atoms with van der Waals surface area (Å²) in [4.78, 5) is 20.0. The van der Waals surface area contributed by atoms with Crippen LogP contribution in [-0.2, 0) is 15.4 Å². The molecular weight excluding hydrogens is 466 g/mol. The maximum atomic E-state index is 13.3. The summed E-state index contributed by atoms with van der Waals surface area (Å²) in [5.74, 6) is 0.655. The van der Waals surface area contributed by atoms with E-state index in [4.69, 9.17) is 4.52 Å². The Bertz CT molecular complexity index is 1320. The van der Waals surface area contributed by atoms with Crippen LogP contribution >= 0.6 is 0 Å². The fourth-order valence-electron chi connectivity index (χ4n) is 3.85. The van der Waals surface area contributed by atoms with Gasteiger partial charge >= 0.3 is 0 Å². The summed E-state index contributed by atoms with van der Waals surface area (Å²) in [7, 11) is -0.736. The van der Waals surface area contributed by atoms with Crippen LogP contribution in [0.15, 0.2) is 51.9 Å². The normalized spacial score (nSPS) is 14.5. The lowest BCUT2D eigenvalue weighted by molar-refractivity contribution is 0.102. The number of carbonyl (C=O) groups is 1. The van der Waals surface area contributed by atoms with Crippen molar-refractivity contribution < 1.29 is 17.7 Å². The van der Waals surface area contributed by atoms with Gasteiger partial charge in [-0.05, 0) is 55.3 Å². The number of amides is 1. The smallest absolute Gasteiger partial charge is 0.257 e. The van der Waals surface area contributed by atoms with Crippen molar-refractivity contribution in [1.82, 2.24) is 14.4 Å². The predicted octanol–water partition coefficient (Wildman–Crippen LogP) is 4.14. The van der Waals surface area contributed by atoms with Crippen LogP contribution in [0.2, 0.25) is 0 Å². The van der Waals surface area contributed by atoms with Gasteiger partial charge in [0.1, 0.15) is 0 Å². The van der Waals surface area contributed by atoms with Crippen molar-refractivity contribution in [3.8, 4) is 11.4 Å². The van der Waals surface area contributed by atoms with Gasteiger partial charge in [-0.2, -0.15) is 4.98 Å². The van der Waals surface area contributed by atoms with E-state index in [2.05, 4.69) is 20.4 Å². The zero-order chi connectivity index (χ0) is 25.4. The highest BCUT2D eigenvalue weighted by Gasteiger charge is 2.25. The van der Waals surface area contributed by atoms with Crippen LogP contribution in [0.4, 0.5) is 11.4 Å². The Morgan fingerprint density at radius 2 is 1.71 bits per heavy atom. The van der Waals surface area contributed by atoms with E-state index >= 15 is 0 Å². The number of hydrogen-bond donors (Lipinski definition) is 1. The molecule has 4 rings (SSSR count). The lowest BCUT2D eigenvalue weighted by Crippen LogP contribution is -2.25. The van der Waals surface area contributed by atoms with Crippen LogP contribution in [0.25, 0.3) is 11.4 Å². The molecule has 2 heterocycles. The van der Waals surface area contributed by atoms with Gasteiger partial charge in [0.2, 0.25) is 21.7 Å². The van der Waals surface area contributed by atoms with E-state index in [1.807, 2.05) is 20.8 Å². The number of nitrogens with one attached hydrogen (secondary N) is 1. The third-order valence-electron chi connectivity index (χ3n) is 5.91. The molecule has 0 unspecified atom stereocenters. The lowest BCUT2D eigenvalue weighted by Gasteiger charge is -2.22. The minimum absolute atomic E-state index is 0.0812. The molecule has 0 bridgehead atoms. The Kier molecular flexibility index (Phi) is 6.70. The summed E-state index contributed by atoms with van der Waals surface area (Å²) in [6.07, 6.45) is 2.07. The van der Waals surface area contributed by atoms with Crippen LogP contribution in [0.3, 0.4) is 0 Å². The average molecular weight is 498 g/mol. The molecule has 0 radical (unpaired) electrons. The van der Waals surface area contributed by atoms with Crippen LogP contribution in [0, 0.1) is 0 Å². The topological polar surface area (TPSA) is 109 Å². The number of rotatable bonds is 6. The standard InChI is InChI=1S/C25H31N5O4S/c1-25(2,3)24-27-22(28-34-24)17-8-10-18(11-9-17)26-23(31)20-16-19(35(32,33)29(4)5)12-13-21(20)30-14-6-7-15-30/h8-13,16H,6-7,14-15H2,1-5H3,(H,26,31). The van der Waals surface area contributed by atoms with Crippen molar-refractivity contribution in [1.29, 1.82) is 0 Å². The SMILES string of the molecule is CN(C)S(=O)(=O)c1ccc(N2CCCC2)c(C(=O)Nc2ccc(-c3noc(C(C)(C)C)n3)cc2)c1. The van der Waals surface area contributed by atoms with E-state index in [0.29, 0.717) is 23.0 Å². The molecule has 1 aromatic heterocycles. The summed E-state index contributed by atoms with van der Waals surface area (Å²) in [5, 5.41) is 6.95. The van der Waals surface area contributed by atoms with Crippen LogP contribution in [0.5, 0.6) is 0 Å². The molecule has 186 valence electrons. The van der Waals surface area contributed by atoms with Gasteiger partial charge in [0, 0.05) is 49.5 Å². The molecule has 0 atom stereocenters. The number of anilines is 2. The fourth-order valence-corrected chi connectivity index (χ4v) is 4.78. The van der Waals surface area contributed by atoms with Crippen molar-refractivity contribution in [2.45, 2.75) is 43.9 Å². The van der Waals surface area contributed by atoms with E-state index in [0.717, 1.165) is 41.5 Å². The van der Waals surface area contributed by atoms with Crippen molar-refractivity contribution >= 4 is 27.3 Å². The van der Waals surface area contributed by atoms with Gasteiger partial charge in [-0.1, -0.05) is 25.9 Å². The first-order valence-corrected chi connectivity index (χ1v) is 13.0. The zero-order valence-electron chi connectivity index (χ0n) is 20.7. The number of nitrogens with zero attached hydrogens (tertiary/aromatic N) is 4. The minimum Gasteiger partial charge on any atom is -0.371 e. The third-order valence-corrected chi connectivity index (χ3v) is 7.72. The molecule has 0 saturated carbocycles.